The molecule has 174 valence electrons. The topological polar surface area (TPSA) is 139 Å². The highest BCUT2D eigenvalue weighted by atomic mass is 35.5. The molecule has 4 atom stereocenters. The summed E-state index contributed by atoms with van der Waals surface area (Å²) >= 11 is 5.97. The van der Waals surface area contributed by atoms with Gasteiger partial charge in [-0.2, -0.15) is 0 Å². The molecule has 0 saturated heterocycles. The summed E-state index contributed by atoms with van der Waals surface area (Å²) in [4.78, 5) is 12.7. The van der Waals surface area contributed by atoms with Gasteiger partial charge in [-0.3, -0.25) is 0 Å². The first-order valence-electron chi connectivity index (χ1n) is 9.93. The Morgan fingerprint density at radius 1 is 1.16 bits per heavy atom. The lowest BCUT2D eigenvalue weighted by molar-refractivity contribution is -0.138. The van der Waals surface area contributed by atoms with Gasteiger partial charge in [-0.25, -0.2) is 13.9 Å². The Labute approximate surface area is 188 Å². The van der Waals surface area contributed by atoms with Gasteiger partial charge in [-0.15, -0.1) is 5.10 Å². The van der Waals surface area contributed by atoms with Crippen molar-refractivity contribution in [2.45, 2.75) is 37.9 Å². The predicted molar refractivity (Wildman–Crippen MR) is 116 cm³/mol. The molecular weight excluding hydrogens is 442 g/mol. The third-order valence-corrected chi connectivity index (χ3v) is 5.25. The number of fused-ring (bicyclic) bond motifs is 1. The molecule has 0 bridgehead atoms. The number of benzene rings is 1. The van der Waals surface area contributed by atoms with Crippen LogP contribution in [-0.4, -0.2) is 73.2 Å². The molecule has 4 N–H and O–H groups in total. The van der Waals surface area contributed by atoms with Crippen LogP contribution in [0, 0.1) is 0 Å². The van der Waals surface area contributed by atoms with Gasteiger partial charge in [-0.05, 0) is 36.8 Å². The maximum Gasteiger partial charge on any atom is 0.350 e. The zero-order valence-electron chi connectivity index (χ0n) is 17.6. The van der Waals surface area contributed by atoms with Crippen molar-refractivity contribution in [3.8, 4) is 5.75 Å². The summed E-state index contributed by atoms with van der Waals surface area (Å²) in [7, 11) is 1.46. The molecule has 1 unspecified atom stereocenters. The number of pyridine rings is 1. The van der Waals surface area contributed by atoms with Crippen molar-refractivity contribution in [3.05, 3.63) is 63.2 Å². The minimum Gasteiger partial charge on any atom is -0.496 e. The fourth-order valence-electron chi connectivity index (χ4n) is 3.38. The van der Waals surface area contributed by atoms with E-state index in [-0.39, 0.29) is 12.2 Å². The van der Waals surface area contributed by atoms with Crippen LogP contribution in [0.4, 0.5) is 0 Å². The Hall–Kier alpha value is -2.47. The second-order valence-corrected chi connectivity index (χ2v) is 7.80. The lowest BCUT2D eigenvalue weighted by atomic mass is 10.0. The molecule has 3 aromatic rings. The standard InChI is InChI=1S/C21H26ClN3O7/c1-12(28)20(32-18(11-27)16(29)10-26)15-7-13(3-5-17(15)31-2)8-25-21(30)24-9-14(22)4-6-19(24)23-25/h3-7,9,12,16,18,20,26-29H,8,10-11H2,1-2H3/t12-,16-,18?,20+/m0/s1. The zero-order chi connectivity index (χ0) is 23.4. The zero-order valence-corrected chi connectivity index (χ0v) is 18.4. The van der Waals surface area contributed by atoms with Crippen LogP contribution in [0.1, 0.15) is 24.2 Å². The van der Waals surface area contributed by atoms with Crippen LogP contribution in [0.15, 0.2) is 41.3 Å². The quantitative estimate of drug-likeness (QED) is 0.335. The Morgan fingerprint density at radius 2 is 1.91 bits per heavy atom. The first-order valence-corrected chi connectivity index (χ1v) is 10.3. The van der Waals surface area contributed by atoms with Crippen LogP contribution < -0.4 is 10.4 Å². The molecule has 32 heavy (non-hydrogen) atoms. The summed E-state index contributed by atoms with van der Waals surface area (Å²) in [5, 5.41) is 43.7. The lowest BCUT2D eigenvalue weighted by Gasteiger charge is -2.29. The van der Waals surface area contributed by atoms with Crippen molar-refractivity contribution in [1.82, 2.24) is 14.2 Å². The van der Waals surface area contributed by atoms with Crippen LogP contribution in [0.3, 0.4) is 0 Å². The number of hydrogen-bond acceptors (Lipinski definition) is 8. The summed E-state index contributed by atoms with van der Waals surface area (Å²) in [5.74, 6) is 0.406. The highest BCUT2D eigenvalue weighted by Gasteiger charge is 2.29. The third-order valence-electron chi connectivity index (χ3n) is 5.03. The molecular formula is C21H26ClN3O7. The van der Waals surface area contributed by atoms with Gasteiger partial charge in [0.15, 0.2) is 5.65 Å². The van der Waals surface area contributed by atoms with Crippen molar-refractivity contribution in [3.63, 3.8) is 0 Å². The summed E-state index contributed by atoms with van der Waals surface area (Å²) < 4.78 is 13.8. The Kier molecular flexibility index (Phi) is 7.88. The van der Waals surface area contributed by atoms with Crippen molar-refractivity contribution in [2.75, 3.05) is 20.3 Å². The van der Waals surface area contributed by atoms with Gasteiger partial charge in [0.05, 0.1) is 38.0 Å². The molecule has 0 fully saturated rings. The van der Waals surface area contributed by atoms with E-state index >= 15 is 0 Å². The molecule has 0 radical (unpaired) electrons. The van der Waals surface area contributed by atoms with E-state index < -0.39 is 37.6 Å². The Balaban J connectivity index is 1.97. The average Bonchev–Trinajstić information content (AvgIpc) is 3.08. The number of hydrogen-bond donors (Lipinski definition) is 4. The summed E-state index contributed by atoms with van der Waals surface area (Å²) in [5.41, 5.74) is 1.20. The number of nitrogens with zero attached hydrogens (tertiary/aromatic N) is 3. The van der Waals surface area contributed by atoms with Crippen LogP contribution >= 0.6 is 11.6 Å². The van der Waals surface area contributed by atoms with E-state index in [9.17, 15) is 25.2 Å². The molecule has 0 aliphatic heterocycles. The predicted octanol–water partition coefficient (Wildman–Crippen LogP) is 0.359. The molecule has 0 saturated carbocycles. The van der Waals surface area contributed by atoms with E-state index in [1.165, 1.54) is 29.3 Å². The van der Waals surface area contributed by atoms with Crippen LogP contribution in [-0.2, 0) is 11.3 Å². The van der Waals surface area contributed by atoms with Gasteiger partial charge in [0, 0.05) is 11.8 Å². The second kappa shape index (κ2) is 10.4. The number of methoxy groups -OCH3 is 1. The van der Waals surface area contributed by atoms with E-state index in [0.29, 0.717) is 27.5 Å². The normalized spacial score (nSPS) is 15.5. The van der Waals surface area contributed by atoms with E-state index in [0.717, 1.165) is 0 Å². The first kappa shape index (κ1) is 24.2. The first-order chi connectivity index (χ1) is 15.3. The number of aliphatic hydroxyl groups excluding tert-OH is 4. The van der Waals surface area contributed by atoms with Crippen LogP contribution in [0.25, 0.3) is 5.65 Å². The van der Waals surface area contributed by atoms with E-state index in [1.807, 2.05) is 0 Å². The molecule has 0 amide bonds. The van der Waals surface area contributed by atoms with E-state index in [1.54, 1.807) is 30.3 Å². The molecule has 1 aromatic carbocycles. The summed E-state index contributed by atoms with van der Waals surface area (Å²) in [6.07, 6.45) is -3.00. The molecule has 2 aromatic heterocycles. The molecule has 2 heterocycles. The number of rotatable bonds is 10. The van der Waals surface area contributed by atoms with Gasteiger partial charge >= 0.3 is 5.69 Å². The highest BCUT2D eigenvalue weighted by Crippen LogP contribution is 2.32. The van der Waals surface area contributed by atoms with Gasteiger partial charge < -0.3 is 29.9 Å². The van der Waals surface area contributed by atoms with E-state index in [4.69, 9.17) is 21.1 Å². The minimum absolute atomic E-state index is 0.129. The summed E-state index contributed by atoms with van der Waals surface area (Å²) in [6.45, 7) is 0.444. The van der Waals surface area contributed by atoms with Crippen LogP contribution in [0.2, 0.25) is 5.02 Å². The number of halogens is 1. The molecule has 0 aliphatic rings. The lowest BCUT2D eigenvalue weighted by Crippen LogP contribution is -2.38. The SMILES string of the molecule is COc1ccc(Cn2nc3ccc(Cl)cn3c2=O)cc1[C@H](OC(CO)[C@@H](O)CO)[C@H](C)O. The van der Waals surface area contributed by atoms with Crippen molar-refractivity contribution in [2.24, 2.45) is 0 Å². The largest absolute Gasteiger partial charge is 0.496 e. The maximum absolute atomic E-state index is 12.7. The Morgan fingerprint density at radius 3 is 2.53 bits per heavy atom. The van der Waals surface area contributed by atoms with Gasteiger partial charge in [-0.1, -0.05) is 17.7 Å². The monoisotopic (exact) mass is 467 g/mol. The fourth-order valence-corrected chi connectivity index (χ4v) is 3.54. The van der Waals surface area contributed by atoms with Crippen molar-refractivity contribution >= 4 is 17.2 Å². The van der Waals surface area contributed by atoms with Crippen molar-refractivity contribution in [1.29, 1.82) is 0 Å². The molecule has 0 spiro atoms. The fraction of sp³-hybridized carbons (Fsp3) is 0.429. The maximum atomic E-state index is 12.7. The van der Waals surface area contributed by atoms with Gasteiger partial charge in [0.25, 0.3) is 0 Å². The molecule has 11 heteroatoms. The number of aromatic nitrogens is 3. The second-order valence-electron chi connectivity index (χ2n) is 7.36. The number of aliphatic hydroxyl groups is 4. The van der Waals surface area contributed by atoms with Crippen LogP contribution in [0.5, 0.6) is 5.75 Å². The Bertz CT molecular complexity index is 1110. The molecule has 3 rings (SSSR count). The van der Waals surface area contributed by atoms with Crippen molar-refractivity contribution < 1.29 is 29.9 Å². The average molecular weight is 468 g/mol. The summed E-state index contributed by atoms with van der Waals surface area (Å²) in [6, 6.07) is 8.38. The van der Waals surface area contributed by atoms with Gasteiger partial charge in [0.2, 0.25) is 0 Å². The minimum atomic E-state index is -1.33. The van der Waals surface area contributed by atoms with Gasteiger partial charge in [0.1, 0.15) is 24.1 Å². The smallest absolute Gasteiger partial charge is 0.350 e. The molecule has 10 nitrogen and oxygen atoms in total. The highest BCUT2D eigenvalue weighted by molar-refractivity contribution is 6.30. The van der Waals surface area contributed by atoms with E-state index in [2.05, 4.69) is 5.10 Å². The third kappa shape index (κ3) is 5.12. The number of ether oxygens (including phenoxy) is 2. The molecule has 0 aliphatic carbocycles.